The number of thiocarbonyl (C=S) groups is 1. The molecule has 3 N–H and O–H groups in total. The molecule has 1 atom stereocenters. The summed E-state index contributed by atoms with van der Waals surface area (Å²) in [6.45, 7) is 1.09. The topological polar surface area (TPSA) is 150 Å². The van der Waals surface area contributed by atoms with Crippen LogP contribution in [0, 0.1) is 0 Å². The molecule has 0 radical (unpaired) electrons. The zero-order chi connectivity index (χ0) is 16.5. The first kappa shape index (κ1) is 17.9. The average Bonchev–Trinajstić information content (AvgIpc) is 2.25. The number of rotatable bonds is 4. The maximum absolute atomic E-state index is 11.5. The van der Waals surface area contributed by atoms with Gasteiger partial charge in [0, 0.05) is 19.8 Å². The van der Waals surface area contributed by atoms with E-state index in [0.29, 0.717) is 0 Å². The molecule has 1 amide bonds. The van der Waals surface area contributed by atoms with E-state index in [9.17, 15) is 30.7 Å². The summed E-state index contributed by atoms with van der Waals surface area (Å²) in [6, 6.07) is 0. The lowest BCUT2D eigenvalue weighted by molar-refractivity contribution is -0.120. The van der Waals surface area contributed by atoms with Crippen molar-refractivity contribution in [1.82, 2.24) is 5.32 Å². The lowest BCUT2D eigenvalue weighted by Crippen LogP contribution is -2.57. The number of hydrogen-bond donors (Lipinski definition) is 3. The monoisotopic (exact) mass is 356 g/mol. The van der Waals surface area contributed by atoms with Crippen molar-refractivity contribution in [3.8, 4) is 0 Å². The summed E-state index contributed by atoms with van der Waals surface area (Å²) >= 11 is 4.39. The lowest BCUT2D eigenvalue weighted by Gasteiger charge is -2.37. The Morgan fingerprint density at radius 1 is 1.33 bits per heavy atom. The van der Waals surface area contributed by atoms with E-state index in [2.05, 4.69) is 22.5 Å². The highest BCUT2D eigenvalue weighted by Crippen LogP contribution is 2.40. The molecule has 0 aromatic heterocycles. The van der Waals surface area contributed by atoms with Gasteiger partial charge in [0.15, 0.2) is 5.66 Å². The minimum absolute atomic E-state index is 0.657. The zero-order valence-corrected chi connectivity index (χ0v) is 13.1. The number of allylic oxidation sites excluding steroid dienone is 1. The first-order valence-corrected chi connectivity index (χ1v) is 8.67. The van der Waals surface area contributed by atoms with Crippen LogP contribution in [0.15, 0.2) is 17.1 Å². The molecule has 1 aliphatic carbocycles. The molecule has 0 aromatic rings. The fourth-order valence-electron chi connectivity index (χ4n) is 2.08. The number of aliphatic imine (C=N–C) groups is 1. The standard InChI is InChI=1S/C9H12N2O7S3/c1-7(12)11-8(10-6-19)3-2-4-9(5-8,20(13,14)15)21(16,17)18/h2-3H,4-5H2,1H3,(H,11,12)(H,13,14,15)(H,16,17,18). The maximum atomic E-state index is 11.5. The third-order valence-electron chi connectivity index (χ3n) is 2.94. The Labute approximate surface area is 126 Å². The molecule has 118 valence electrons. The number of nitrogens with zero attached hydrogens (tertiary/aromatic N) is 1. The van der Waals surface area contributed by atoms with E-state index in [0.717, 1.165) is 13.0 Å². The Morgan fingerprint density at radius 3 is 2.24 bits per heavy atom. The van der Waals surface area contributed by atoms with E-state index in [-0.39, 0.29) is 0 Å². The molecule has 1 aliphatic rings. The molecule has 0 fully saturated rings. The normalized spacial score (nSPS) is 24.9. The quantitative estimate of drug-likeness (QED) is 0.270. The Balaban J connectivity index is 3.59. The highest BCUT2D eigenvalue weighted by Gasteiger charge is 2.59. The Morgan fingerprint density at radius 2 is 1.86 bits per heavy atom. The fraction of sp³-hybridized carbons (Fsp3) is 0.556. The Hall–Kier alpha value is -1.17. The van der Waals surface area contributed by atoms with Crippen molar-refractivity contribution in [3.63, 3.8) is 0 Å². The van der Waals surface area contributed by atoms with Crippen LogP contribution in [0.4, 0.5) is 0 Å². The molecule has 0 aromatic carbocycles. The predicted molar refractivity (Wildman–Crippen MR) is 75.8 cm³/mol. The second kappa shape index (κ2) is 5.55. The minimum atomic E-state index is -5.23. The van der Waals surface area contributed by atoms with E-state index in [1.807, 2.05) is 5.16 Å². The molecule has 0 heterocycles. The van der Waals surface area contributed by atoms with Crippen molar-refractivity contribution in [2.75, 3.05) is 0 Å². The van der Waals surface area contributed by atoms with E-state index in [1.165, 1.54) is 6.08 Å². The van der Waals surface area contributed by atoms with Gasteiger partial charge in [-0.25, -0.2) is 0 Å². The van der Waals surface area contributed by atoms with Gasteiger partial charge in [-0.2, -0.15) is 21.8 Å². The molecule has 9 nitrogen and oxygen atoms in total. The fourth-order valence-corrected chi connectivity index (χ4v) is 4.72. The molecular weight excluding hydrogens is 344 g/mol. The van der Waals surface area contributed by atoms with Gasteiger partial charge in [-0.1, -0.05) is 6.08 Å². The van der Waals surface area contributed by atoms with Crippen LogP contribution < -0.4 is 5.32 Å². The Kier molecular flexibility index (Phi) is 4.73. The summed E-state index contributed by atoms with van der Waals surface area (Å²) in [4.78, 5) is 14.8. The van der Waals surface area contributed by atoms with Crippen LogP contribution in [0.5, 0.6) is 0 Å². The number of amides is 1. The summed E-state index contributed by atoms with van der Waals surface area (Å²) in [6.07, 6.45) is 0.607. The van der Waals surface area contributed by atoms with Crippen LogP contribution in [0.3, 0.4) is 0 Å². The van der Waals surface area contributed by atoms with Crippen LogP contribution in [0.25, 0.3) is 0 Å². The van der Waals surface area contributed by atoms with Crippen molar-refractivity contribution < 1.29 is 30.7 Å². The highest BCUT2D eigenvalue weighted by atomic mass is 32.3. The van der Waals surface area contributed by atoms with Crippen molar-refractivity contribution in [2.24, 2.45) is 4.99 Å². The van der Waals surface area contributed by atoms with Crippen molar-refractivity contribution in [3.05, 3.63) is 12.2 Å². The van der Waals surface area contributed by atoms with Gasteiger partial charge in [0.05, 0.1) is 5.16 Å². The largest absolute Gasteiger partial charge is 0.328 e. The van der Waals surface area contributed by atoms with Crippen molar-refractivity contribution in [1.29, 1.82) is 0 Å². The van der Waals surface area contributed by atoms with Crippen LogP contribution >= 0.6 is 12.2 Å². The summed E-state index contributed by atoms with van der Waals surface area (Å²) in [5.74, 6) is -0.657. The highest BCUT2D eigenvalue weighted by molar-refractivity contribution is 8.05. The zero-order valence-electron chi connectivity index (χ0n) is 10.7. The van der Waals surface area contributed by atoms with Crippen LogP contribution in [0.2, 0.25) is 0 Å². The van der Waals surface area contributed by atoms with Crippen LogP contribution in [-0.4, -0.2) is 46.8 Å². The predicted octanol–water partition coefficient (Wildman–Crippen LogP) is -0.256. The molecule has 0 bridgehead atoms. The molecule has 0 saturated heterocycles. The molecule has 21 heavy (non-hydrogen) atoms. The van der Waals surface area contributed by atoms with Crippen molar-refractivity contribution in [2.45, 2.75) is 29.5 Å². The smallest absolute Gasteiger partial charge is 0.288 e. The number of carbonyl (C=O) groups is 1. The summed E-state index contributed by atoms with van der Waals surface area (Å²) < 4.78 is 61.6. The average molecular weight is 356 g/mol. The summed E-state index contributed by atoms with van der Waals surface area (Å²) in [7, 11) is -10.5. The van der Waals surface area contributed by atoms with Gasteiger partial charge in [0.25, 0.3) is 20.2 Å². The molecule has 1 rings (SSSR count). The minimum Gasteiger partial charge on any atom is -0.328 e. The van der Waals surface area contributed by atoms with Gasteiger partial charge in [-0.15, -0.1) is 0 Å². The number of hydrogen-bond acceptors (Lipinski definition) is 7. The maximum Gasteiger partial charge on any atom is 0.288 e. The van der Waals surface area contributed by atoms with Gasteiger partial charge < -0.3 is 5.32 Å². The summed E-state index contributed by atoms with van der Waals surface area (Å²) in [5, 5.41) is 4.14. The van der Waals surface area contributed by atoms with Gasteiger partial charge in [-0.05, 0) is 18.3 Å². The van der Waals surface area contributed by atoms with E-state index in [4.69, 9.17) is 0 Å². The first-order chi connectivity index (χ1) is 9.39. The van der Waals surface area contributed by atoms with Gasteiger partial charge >= 0.3 is 0 Å². The van der Waals surface area contributed by atoms with E-state index < -0.39 is 48.7 Å². The molecule has 12 heteroatoms. The molecule has 0 spiro atoms. The van der Waals surface area contributed by atoms with Crippen molar-refractivity contribution >= 4 is 43.5 Å². The number of nitrogens with one attached hydrogen (secondary N) is 1. The van der Waals surface area contributed by atoms with Gasteiger partial charge in [0.2, 0.25) is 9.99 Å². The second-order valence-corrected chi connectivity index (χ2v) is 8.36. The SMILES string of the molecule is CC(=O)NC1(N=C=S)C=CCC(S(=O)(=O)O)(S(=O)(=O)O)C1. The summed E-state index contributed by atoms with van der Waals surface area (Å²) in [5.41, 5.74) is -1.85. The molecule has 0 saturated carbocycles. The van der Waals surface area contributed by atoms with Crippen LogP contribution in [-0.2, 0) is 25.0 Å². The molecular formula is C9H12N2O7S3. The number of isothiocyanates is 1. The van der Waals surface area contributed by atoms with Gasteiger partial charge in [0.1, 0.15) is 0 Å². The number of carbonyl (C=O) groups excluding carboxylic acids is 1. The third-order valence-corrected chi connectivity index (χ3v) is 6.80. The molecule has 1 unspecified atom stereocenters. The lowest BCUT2D eigenvalue weighted by atomic mass is 9.95. The first-order valence-electron chi connectivity index (χ1n) is 5.39. The second-order valence-electron chi connectivity index (χ2n) is 4.45. The molecule has 0 aliphatic heterocycles. The third kappa shape index (κ3) is 3.36. The van der Waals surface area contributed by atoms with E-state index >= 15 is 0 Å². The van der Waals surface area contributed by atoms with Gasteiger partial charge in [-0.3, -0.25) is 13.9 Å². The Bertz CT molecular complexity index is 701. The van der Waals surface area contributed by atoms with E-state index in [1.54, 1.807) is 0 Å². The van der Waals surface area contributed by atoms with Crippen LogP contribution in [0.1, 0.15) is 19.8 Å².